The van der Waals surface area contributed by atoms with E-state index >= 15 is 0 Å². The number of alkyl halides is 6. The van der Waals surface area contributed by atoms with Crippen LogP contribution in [0.15, 0.2) is 78.9 Å². The Balaban J connectivity index is 1.60. The summed E-state index contributed by atoms with van der Waals surface area (Å²) in [5, 5.41) is 1.89. The number of fused-ring (bicyclic) bond motifs is 1. The summed E-state index contributed by atoms with van der Waals surface area (Å²) >= 11 is 6.72. The molecule has 1 aliphatic rings. The normalized spacial score (nSPS) is 16.0. The van der Waals surface area contributed by atoms with Gasteiger partial charge < -0.3 is 9.33 Å². The number of aryl methyl sites for hydroxylation is 1. The van der Waals surface area contributed by atoms with Crippen molar-refractivity contribution in [2.75, 3.05) is 24.7 Å². The van der Waals surface area contributed by atoms with E-state index in [1.807, 2.05) is 36.4 Å². The average Bonchev–Trinajstić information content (AvgIpc) is 3.00. The van der Waals surface area contributed by atoms with Gasteiger partial charge in [-0.05, 0) is 40.9 Å². The van der Waals surface area contributed by atoms with Gasteiger partial charge in [0, 0.05) is 30.2 Å². The van der Waals surface area contributed by atoms with Crippen LogP contribution in [-0.4, -0.2) is 38.1 Å². The topological polar surface area (TPSA) is 38.2 Å². The molecular weight excluding hydrogens is 644 g/mol. The number of halogens is 7. The summed E-state index contributed by atoms with van der Waals surface area (Å²) in [6.07, 6.45) is -4.69. The molecule has 4 aromatic rings. The number of benzene rings is 3. The molecule has 1 aliphatic heterocycles. The van der Waals surface area contributed by atoms with E-state index in [0.717, 1.165) is 22.5 Å². The lowest BCUT2D eigenvalue weighted by Gasteiger charge is -2.44. The molecule has 46 heavy (non-hydrogen) atoms. The molecule has 244 valence electrons. The molecule has 4 nitrogen and oxygen atoms in total. The first-order valence-corrected chi connectivity index (χ1v) is 17.1. The molecule has 0 saturated heterocycles. The molecule has 0 bridgehead atoms. The van der Waals surface area contributed by atoms with Crippen LogP contribution >= 0.6 is 11.6 Å². The van der Waals surface area contributed by atoms with Crippen LogP contribution in [0, 0.1) is 6.92 Å². The molecule has 5 rings (SSSR count). The van der Waals surface area contributed by atoms with Gasteiger partial charge in [-0.15, -0.1) is 0 Å². The second kappa shape index (κ2) is 12.7. The van der Waals surface area contributed by atoms with Gasteiger partial charge in [-0.1, -0.05) is 99.1 Å². The third-order valence-corrected chi connectivity index (χ3v) is 13.7. The molecule has 3 aromatic carbocycles. The maximum Gasteiger partial charge on any atom is 0.418 e. The van der Waals surface area contributed by atoms with Crippen LogP contribution in [-0.2, 0) is 16.5 Å². The Kier molecular flexibility index (Phi) is 9.33. The second-order valence-corrected chi connectivity index (χ2v) is 17.1. The first-order chi connectivity index (χ1) is 21.6. The molecular formula is C34H34ClF6N3OSi. The Labute approximate surface area is 270 Å². The molecule has 1 aromatic heterocycles. The number of hydrogen-bond acceptors (Lipinski definition) is 4. The SMILES string of the molecule is Cc1nc(Cl)c2c(n1)N(c1ccc(C(F)(F)CF)cc1C(F)(F)F)CCC2CO[Si](c1ccccc1)(c1ccccc1)C(C)(C)C. The lowest BCUT2D eigenvalue weighted by atomic mass is 9.92. The van der Waals surface area contributed by atoms with E-state index in [4.69, 9.17) is 16.0 Å². The van der Waals surface area contributed by atoms with Crippen LogP contribution in [0.5, 0.6) is 0 Å². The molecule has 0 fully saturated rings. The molecule has 1 atom stereocenters. The number of nitrogens with zero attached hydrogens (tertiary/aromatic N) is 3. The lowest BCUT2D eigenvalue weighted by molar-refractivity contribution is -0.137. The molecule has 2 heterocycles. The van der Waals surface area contributed by atoms with Gasteiger partial charge in [0.1, 0.15) is 16.8 Å². The molecule has 0 saturated carbocycles. The van der Waals surface area contributed by atoms with E-state index < -0.39 is 38.2 Å². The Morgan fingerprint density at radius 2 is 1.48 bits per heavy atom. The Morgan fingerprint density at radius 3 is 2.00 bits per heavy atom. The van der Waals surface area contributed by atoms with Crippen molar-refractivity contribution in [1.29, 1.82) is 0 Å². The van der Waals surface area contributed by atoms with Crippen molar-refractivity contribution < 1.29 is 30.8 Å². The predicted octanol–water partition coefficient (Wildman–Crippen LogP) is 8.72. The van der Waals surface area contributed by atoms with Crippen molar-refractivity contribution >= 4 is 41.8 Å². The van der Waals surface area contributed by atoms with E-state index in [2.05, 4.69) is 55.0 Å². The van der Waals surface area contributed by atoms with E-state index in [0.29, 0.717) is 18.1 Å². The van der Waals surface area contributed by atoms with Crippen LogP contribution in [0.3, 0.4) is 0 Å². The van der Waals surface area contributed by atoms with Gasteiger partial charge >= 0.3 is 12.1 Å². The third-order valence-electron chi connectivity index (χ3n) is 8.46. The number of hydrogen-bond donors (Lipinski definition) is 0. The first kappa shape index (κ1) is 33.9. The maximum atomic E-state index is 14.3. The van der Waals surface area contributed by atoms with Crippen LogP contribution in [0.2, 0.25) is 10.2 Å². The van der Waals surface area contributed by atoms with Gasteiger partial charge in [0.2, 0.25) is 0 Å². The molecule has 12 heteroatoms. The number of aromatic nitrogens is 2. The number of rotatable bonds is 8. The van der Waals surface area contributed by atoms with Crippen molar-refractivity contribution in [1.82, 2.24) is 9.97 Å². The van der Waals surface area contributed by atoms with Gasteiger partial charge in [0.05, 0.1) is 11.3 Å². The summed E-state index contributed by atoms with van der Waals surface area (Å²) in [7, 11) is -2.97. The van der Waals surface area contributed by atoms with Gasteiger partial charge in [0.15, 0.2) is 6.67 Å². The molecule has 0 aliphatic carbocycles. The van der Waals surface area contributed by atoms with Crippen LogP contribution in [0.25, 0.3) is 0 Å². The zero-order chi connectivity index (χ0) is 33.5. The standard InChI is InChI=1S/C34H34ClF6N3OSi/c1-22-42-30(35)29-23(20-45-46(32(2,3)4,25-11-7-5-8-12-25)26-13-9-6-10-14-26)17-18-44(31(29)43-22)28-16-15-24(33(37,38)21-36)19-27(28)34(39,40)41/h5-16,19,23H,17-18,20-21H2,1-4H3. The molecule has 0 N–H and O–H groups in total. The van der Waals surface area contributed by atoms with Crippen molar-refractivity contribution in [2.24, 2.45) is 0 Å². The van der Waals surface area contributed by atoms with Crippen LogP contribution in [0.4, 0.5) is 37.8 Å². The summed E-state index contributed by atoms with van der Waals surface area (Å²) in [5.74, 6) is -4.07. The van der Waals surface area contributed by atoms with Gasteiger partial charge in [-0.25, -0.2) is 14.4 Å². The van der Waals surface area contributed by atoms with Crippen LogP contribution < -0.4 is 15.3 Å². The van der Waals surface area contributed by atoms with E-state index in [9.17, 15) is 26.3 Å². The van der Waals surface area contributed by atoms with Crippen molar-refractivity contribution in [2.45, 2.75) is 57.2 Å². The highest BCUT2D eigenvalue weighted by molar-refractivity contribution is 6.99. The van der Waals surface area contributed by atoms with Gasteiger partial charge in [0.25, 0.3) is 8.32 Å². The molecule has 0 radical (unpaired) electrons. The highest BCUT2D eigenvalue weighted by Gasteiger charge is 2.51. The zero-order valence-electron chi connectivity index (χ0n) is 25.8. The average molecular weight is 678 g/mol. The Bertz CT molecular complexity index is 1640. The number of anilines is 2. The smallest absolute Gasteiger partial charge is 0.407 e. The summed E-state index contributed by atoms with van der Waals surface area (Å²) < 4.78 is 91.4. The van der Waals surface area contributed by atoms with Crippen molar-refractivity contribution in [3.8, 4) is 0 Å². The minimum Gasteiger partial charge on any atom is -0.407 e. The molecule has 0 spiro atoms. The van der Waals surface area contributed by atoms with Gasteiger partial charge in [-0.3, -0.25) is 0 Å². The van der Waals surface area contributed by atoms with E-state index in [1.54, 1.807) is 6.92 Å². The van der Waals surface area contributed by atoms with E-state index in [-0.39, 0.29) is 46.6 Å². The largest absolute Gasteiger partial charge is 0.418 e. The highest BCUT2D eigenvalue weighted by atomic mass is 35.5. The maximum absolute atomic E-state index is 14.3. The summed E-state index contributed by atoms with van der Waals surface area (Å²) in [6, 6.07) is 22.1. The molecule has 0 amide bonds. The summed E-state index contributed by atoms with van der Waals surface area (Å²) in [6.45, 7) is 6.14. The zero-order valence-corrected chi connectivity index (χ0v) is 27.6. The third kappa shape index (κ3) is 6.29. The fraction of sp³-hybridized carbons (Fsp3) is 0.353. The van der Waals surface area contributed by atoms with Crippen molar-refractivity contribution in [3.05, 3.63) is 107 Å². The van der Waals surface area contributed by atoms with E-state index in [1.165, 1.54) is 4.90 Å². The quantitative estimate of drug-likeness (QED) is 0.106. The van der Waals surface area contributed by atoms with Crippen molar-refractivity contribution in [3.63, 3.8) is 0 Å². The minimum atomic E-state index is -5.01. The summed E-state index contributed by atoms with van der Waals surface area (Å²) in [5.41, 5.74) is -2.34. The predicted molar refractivity (Wildman–Crippen MR) is 171 cm³/mol. The Hall–Kier alpha value is -3.41. The summed E-state index contributed by atoms with van der Waals surface area (Å²) in [4.78, 5) is 10.2. The first-order valence-electron chi connectivity index (χ1n) is 14.8. The van der Waals surface area contributed by atoms with Gasteiger partial charge in [-0.2, -0.15) is 22.0 Å². The molecule has 1 unspecified atom stereocenters. The fourth-order valence-electron chi connectivity index (χ4n) is 6.32. The lowest BCUT2D eigenvalue weighted by Crippen LogP contribution is -2.66. The Morgan fingerprint density at radius 1 is 0.891 bits per heavy atom. The minimum absolute atomic E-state index is 0.0660. The highest BCUT2D eigenvalue weighted by Crippen LogP contribution is 2.47. The second-order valence-electron chi connectivity index (χ2n) is 12.5. The van der Waals surface area contributed by atoms with Crippen LogP contribution in [0.1, 0.15) is 55.6 Å². The fourth-order valence-corrected chi connectivity index (χ4v) is 11.3. The monoisotopic (exact) mass is 677 g/mol.